The minimum atomic E-state index is -3.91. The van der Waals surface area contributed by atoms with E-state index >= 15 is 0 Å². The standard InChI is InChI=1S/C11H14Cl2N2O4S/c1-14-3-2-4-15-20(18,19)9-6-7(12)5-8(10(9)13)11(16)17/h5-6,14-15H,2-4H2,1H3,(H,16,17). The van der Waals surface area contributed by atoms with Crippen LogP contribution in [0.5, 0.6) is 0 Å². The number of sulfonamides is 1. The topological polar surface area (TPSA) is 95.5 Å². The molecule has 0 radical (unpaired) electrons. The van der Waals surface area contributed by atoms with Crippen LogP contribution in [0, 0.1) is 0 Å². The van der Waals surface area contributed by atoms with E-state index in [-0.39, 0.29) is 27.0 Å². The third-order valence-electron chi connectivity index (χ3n) is 2.42. The molecule has 0 unspecified atom stereocenters. The van der Waals surface area contributed by atoms with Gasteiger partial charge in [-0.1, -0.05) is 23.2 Å². The number of hydrogen-bond acceptors (Lipinski definition) is 4. The summed E-state index contributed by atoms with van der Waals surface area (Å²) in [5.74, 6) is -1.34. The minimum Gasteiger partial charge on any atom is -0.478 e. The maximum atomic E-state index is 12.1. The van der Waals surface area contributed by atoms with Crippen molar-refractivity contribution < 1.29 is 18.3 Å². The molecule has 6 nitrogen and oxygen atoms in total. The van der Waals surface area contributed by atoms with Crippen LogP contribution in [0.1, 0.15) is 16.8 Å². The van der Waals surface area contributed by atoms with E-state index in [9.17, 15) is 13.2 Å². The van der Waals surface area contributed by atoms with Gasteiger partial charge in [0.25, 0.3) is 0 Å². The molecule has 0 aliphatic heterocycles. The SMILES string of the molecule is CNCCCNS(=O)(=O)c1cc(Cl)cc(C(=O)O)c1Cl. The highest BCUT2D eigenvalue weighted by atomic mass is 35.5. The van der Waals surface area contributed by atoms with Crippen molar-refractivity contribution in [2.75, 3.05) is 20.1 Å². The van der Waals surface area contributed by atoms with Crippen LogP contribution in [0.4, 0.5) is 0 Å². The predicted octanol–water partition coefficient (Wildman–Crippen LogP) is 1.58. The summed E-state index contributed by atoms with van der Waals surface area (Å²) in [5, 5.41) is 11.5. The molecular weight excluding hydrogens is 327 g/mol. The molecule has 3 N–H and O–H groups in total. The second-order valence-corrected chi connectivity index (χ2v) is 6.48. The Bertz CT molecular complexity index is 605. The zero-order chi connectivity index (χ0) is 15.3. The van der Waals surface area contributed by atoms with Gasteiger partial charge in [0.15, 0.2) is 0 Å². The lowest BCUT2D eigenvalue weighted by Gasteiger charge is -2.10. The highest BCUT2D eigenvalue weighted by Crippen LogP contribution is 2.29. The van der Waals surface area contributed by atoms with Crippen molar-refractivity contribution in [3.63, 3.8) is 0 Å². The van der Waals surface area contributed by atoms with Crippen LogP contribution in [-0.4, -0.2) is 39.6 Å². The maximum absolute atomic E-state index is 12.1. The van der Waals surface area contributed by atoms with E-state index in [4.69, 9.17) is 28.3 Å². The van der Waals surface area contributed by atoms with E-state index in [1.165, 1.54) is 0 Å². The van der Waals surface area contributed by atoms with E-state index in [1.807, 2.05) is 0 Å². The summed E-state index contributed by atoms with van der Waals surface area (Å²) < 4.78 is 26.5. The molecule has 0 saturated heterocycles. The van der Waals surface area contributed by atoms with Gasteiger partial charge in [0, 0.05) is 11.6 Å². The van der Waals surface area contributed by atoms with Gasteiger partial charge in [0.05, 0.1) is 10.6 Å². The van der Waals surface area contributed by atoms with Crippen molar-refractivity contribution in [2.24, 2.45) is 0 Å². The number of carbonyl (C=O) groups is 1. The molecule has 0 amide bonds. The van der Waals surface area contributed by atoms with Gasteiger partial charge in [-0.3, -0.25) is 0 Å². The number of benzene rings is 1. The third kappa shape index (κ3) is 4.32. The number of nitrogens with one attached hydrogen (secondary N) is 2. The Kier molecular flexibility index (Phi) is 6.22. The van der Waals surface area contributed by atoms with Gasteiger partial charge >= 0.3 is 5.97 Å². The van der Waals surface area contributed by atoms with Crippen LogP contribution in [0.25, 0.3) is 0 Å². The number of aromatic carboxylic acids is 1. The van der Waals surface area contributed by atoms with Gasteiger partial charge in [-0.05, 0) is 32.1 Å². The molecule has 0 aromatic heterocycles. The van der Waals surface area contributed by atoms with Gasteiger partial charge in [-0.15, -0.1) is 0 Å². The van der Waals surface area contributed by atoms with Gasteiger partial charge in [-0.2, -0.15) is 0 Å². The Balaban J connectivity index is 3.09. The fraction of sp³-hybridized carbons (Fsp3) is 0.364. The van der Waals surface area contributed by atoms with Crippen LogP contribution in [0.2, 0.25) is 10.0 Å². The van der Waals surface area contributed by atoms with Crippen molar-refractivity contribution in [3.05, 3.63) is 27.7 Å². The average Bonchev–Trinajstić information content (AvgIpc) is 2.36. The van der Waals surface area contributed by atoms with E-state index < -0.39 is 16.0 Å². The van der Waals surface area contributed by atoms with E-state index in [1.54, 1.807) is 7.05 Å². The average molecular weight is 341 g/mol. The highest BCUT2D eigenvalue weighted by Gasteiger charge is 2.23. The Morgan fingerprint density at radius 1 is 1.30 bits per heavy atom. The molecule has 0 heterocycles. The predicted molar refractivity (Wildman–Crippen MR) is 77.2 cm³/mol. The monoisotopic (exact) mass is 340 g/mol. The van der Waals surface area contributed by atoms with E-state index in [2.05, 4.69) is 10.0 Å². The highest BCUT2D eigenvalue weighted by molar-refractivity contribution is 7.89. The summed E-state index contributed by atoms with van der Waals surface area (Å²) >= 11 is 11.6. The molecule has 112 valence electrons. The third-order valence-corrected chi connectivity index (χ3v) is 4.64. The molecule has 20 heavy (non-hydrogen) atoms. The Hall–Kier alpha value is -0.860. The van der Waals surface area contributed by atoms with Gasteiger partial charge in [-0.25, -0.2) is 17.9 Å². The minimum absolute atomic E-state index is 0.0117. The zero-order valence-corrected chi connectivity index (χ0v) is 12.9. The van der Waals surface area contributed by atoms with Crippen molar-refractivity contribution in [1.82, 2.24) is 10.0 Å². The normalized spacial score (nSPS) is 11.6. The zero-order valence-electron chi connectivity index (χ0n) is 10.6. The number of halogens is 2. The molecule has 0 spiro atoms. The van der Waals surface area contributed by atoms with Crippen LogP contribution in [0.3, 0.4) is 0 Å². The van der Waals surface area contributed by atoms with E-state index in [0.29, 0.717) is 13.0 Å². The Morgan fingerprint density at radius 3 is 2.50 bits per heavy atom. The van der Waals surface area contributed by atoms with Crippen molar-refractivity contribution in [3.8, 4) is 0 Å². The van der Waals surface area contributed by atoms with Crippen LogP contribution in [0.15, 0.2) is 17.0 Å². The quantitative estimate of drug-likeness (QED) is 0.655. The summed E-state index contributed by atoms with van der Waals surface area (Å²) in [4.78, 5) is 10.6. The fourth-order valence-corrected chi connectivity index (χ4v) is 3.44. The lowest BCUT2D eigenvalue weighted by molar-refractivity contribution is 0.0697. The summed E-state index contributed by atoms with van der Waals surface area (Å²) in [6, 6.07) is 2.23. The Morgan fingerprint density at radius 2 is 1.95 bits per heavy atom. The number of carboxylic acids is 1. The van der Waals surface area contributed by atoms with Crippen molar-refractivity contribution in [1.29, 1.82) is 0 Å². The molecule has 0 aliphatic rings. The van der Waals surface area contributed by atoms with Crippen LogP contribution < -0.4 is 10.0 Å². The molecule has 0 fully saturated rings. The van der Waals surface area contributed by atoms with Crippen LogP contribution >= 0.6 is 23.2 Å². The lowest BCUT2D eigenvalue weighted by Crippen LogP contribution is -2.27. The van der Waals surface area contributed by atoms with E-state index in [0.717, 1.165) is 12.1 Å². The first-order valence-electron chi connectivity index (χ1n) is 5.66. The number of hydrogen-bond donors (Lipinski definition) is 3. The second-order valence-electron chi connectivity index (χ2n) is 3.93. The number of carboxylic acid groups (broad SMARTS) is 1. The molecular formula is C11H14Cl2N2O4S. The van der Waals surface area contributed by atoms with Gasteiger partial charge in [0.2, 0.25) is 10.0 Å². The van der Waals surface area contributed by atoms with Gasteiger partial charge in [0.1, 0.15) is 4.90 Å². The number of rotatable bonds is 7. The first-order chi connectivity index (χ1) is 9.29. The first-order valence-corrected chi connectivity index (χ1v) is 7.90. The molecule has 1 aromatic rings. The fourth-order valence-electron chi connectivity index (χ4n) is 1.46. The molecule has 0 saturated carbocycles. The summed E-state index contributed by atoms with van der Waals surface area (Å²) in [5.41, 5.74) is -0.352. The summed E-state index contributed by atoms with van der Waals surface area (Å²) in [7, 11) is -2.16. The second kappa shape index (κ2) is 7.24. The summed E-state index contributed by atoms with van der Waals surface area (Å²) in [6.45, 7) is 0.848. The molecule has 0 bridgehead atoms. The Labute approximate surface area is 127 Å². The smallest absolute Gasteiger partial charge is 0.337 e. The van der Waals surface area contributed by atoms with Crippen molar-refractivity contribution in [2.45, 2.75) is 11.3 Å². The lowest BCUT2D eigenvalue weighted by atomic mass is 10.2. The van der Waals surface area contributed by atoms with Crippen LogP contribution in [-0.2, 0) is 10.0 Å². The largest absolute Gasteiger partial charge is 0.478 e. The molecule has 0 atom stereocenters. The first kappa shape index (κ1) is 17.2. The summed E-state index contributed by atoms with van der Waals surface area (Å²) in [6.07, 6.45) is 0.583. The molecule has 1 aromatic carbocycles. The molecule has 0 aliphatic carbocycles. The van der Waals surface area contributed by atoms with Gasteiger partial charge < -0.3 is 10.4 Å². The maximum Gasteiger partial charge on any atom is 0.337 e. The molecule has 9 heteroatoms. The van der Waals surface area contributed by atoms with Crippen molar-refractivity contribution >= 4 is 39.2 Å². The molecule has 1 rings (SSSR count).